The van der Waals surface area contributed by atoms with E-state index in [-0.39, 0.29) is 6.10 Å². The van der Waals surface area contributed by atoms with Crippen LogP contribution in [0.4, 0.5) is 11.8 Å². The standard InChI is InChI=1S/C14H25N5O/c1-11-9-13(17(3)4)16-14(15-11)19-7-5-18(6-8-19)10-12(2)20/h9,12,20H,5-8,10H2,1-4H3/t12-/m1/s1. The van der Waals surface area contributed by atoms with Gasteiger partial charge in [-0.2, -0.15) is 4.98 Å². The molecule has 1 N–H and O–H groups in total. The van der Waals surface area contributed by atoms with E-state index in [9.17, 15) is 5.11 Å². The van der Waals surface area contributed by atoms with E-state index in [0.717, 1.165) is 50.2 Å². The molecule has 0 saturated carbocycles. The third kappa shape index (κ3) is 3.80. The van der Waals surface area contributed by atoms with Gasteiger partial charge >= 0.3 is 0 Å². The molecule has 1 atom stereocenters. The lowest BCUT2D eigenvalue weighted by atomic mass is 10.3. The second kappa shape index (κ2) is 6.37. The van der Waals surface area contributed by atoms with Gasteiger partial charge < -0.3 is 14.9 Å². The molecule has 0 bridgehead atoms. The minimum Gasteiger partial charge on any atom is -0.392 e. The van der Waals surface area contributed by atoms with Crippen LogP contribution in [0.25, 0.3) is 0 Å². The highest BCUT2D eigenvalue weighted by molar-refractivity contribution is 5.45. The van der Waals surface area contributed by atoms with Crippen LogP contribution in [0, 0.1) is 6.92 Å². The summed E-state index contributed by atoms with van der Waals surface area (Å²) in [6, 6.07) is 1.99. The molecule has 1 aromatic heterocycles. The molecule has 1 aliphatic rings. The Morgan fingerprint density at radius 2 is 1.90 bits per heavy atom. The van der Waals surface area contributed by atoms with Gasteiger partial charge in [-0.3, -0.25) is 4.90 Å². The van der Waals surface area contributed by atoms with E-state index in [2.05, 4.69) is 19.8 Å². The summed E-state index contributed by atoms with van der Waals surface area (Å²) in [4.78, 5) is 15.7. The van der Waals surface area contributed by atoms with E-state index in [0.29, 0.717) is 0 Å². The molecule has 0 aromatic carbocycles. The molecular formula is C14H25N5O. The van der Waals surface area contributed by atoms with E-state index >= 15 is 0 Å². The highest BCUT2D eigenvalue weighted by Gasteiger charge is 2.20. The van der Waals surface area contributed by atoms with Crippen molar-refractivity contribution in [3.63, 3.8) is 0 Å². The zero-order valence-corrected chi connectivity index (χ0v) is 12.9. The number of β-amino-alcohol motifs (C(OH)–C–C–N with tert-alkyl or cyclic N) is 1. The summed E-state index contributed by atoms with van der Waals surface area (Å²) in [6.07, 6.45) is -0.267. The van der Waals surface area contributed by atoms with Crippen LogP contribution in [-0.4, -0.2) is 72.9 Å². The Hall–Kier alpha value is -1.40. The first-order valence-electron chi connectivity index (χ1n) is 7.14. The third-order valence-electron chi connectivity index (χ3n) is 3.46. The van der Waals surface area contributed by atoms with Crippen LogP contribution in [0.3, 0.4) is 0 Å². The fourth-order valence-electron chi connectivity index (χ4n) is 2.41. The lowest BCUT2D eigenvalue weighted by Crippen LogP contribution is -2.48. The molecule has 1 aromatic rings. The molecule has 2 heterocycles. The minimum atomic E-state index is -0.267. The van der Waals surface area contributed by atoms with E-state index < -0.39 is 0 Å². The first-order chi connectivity index (χ1) is 9.45. The van der Waals surface area contributed by atoms with Gasteiger partial charge in [0.2, 0.25) is 5.95 Å². The maximum absolute atomic E-state index is 9.44. The summed E-state index contributed by atoms with van der Waals surface area (Å²) in [6.45, 7) is 8.28. The van der Waals surface area contributed by atoms with Crippen LogP contribution in [0.1, 0.15) is 12.6 Å². The lowest BCUT2D eigenvalue weighted by Gasteiger charge is -2.35. The Kier molecular flexibility index (Phi) is 4.77. The van der Waals surface area contributed by atoms with E-state index in [1.807, 2.05) is 38.9 Å². The van der Waals surface area contributed by atoms with Gasteiger partial charge in [-0.25, -0.2) is 4.98 Å². The Morgan fingerprint density at radius 3 is 2.45 bits per heavy atom. The molecule has 20 heavy (non-hydrogen) atoms. The van der Waals surface area contributed by atoms with Crippen molar-refractivity contribution in [3.05, 3.63) is 11.8 Å². The summed E-state index contributed by atoms with van der Waals surface area (Å²) >= 11 is 0. The van der Waals surface area contributed by atoms with Gasteiger partial charge in [-0.05, 0) is 13.8 Å². The second-order valence-corrected chi connectivity index (χ2v) is 5.70. The van der Waals surface area contributed by atoms with Crippen molar-refractivity contribution in [2.75, 3.05) is 56.6 Å². The zero-order valence-electron chi connectivity index (χ0n) is 12.9. The maximum Gasteiger partial charge on any atom is 0.227 e. The van der Waals surface area contributed by atoms with Crippen molar-refractivity contribution < 1.29 is 5.11 Å². The lowest BCUT2D eigenvalue weighted by molar-refractivity contribution is 0.122. The van der Waals surface area contributed by atoms with Gasteiger partial charge in [0.1, 0.15) is 5.82 Å². The second-order valence-electron chi connectivity index (χ2n) is 5.70. The molecule has 2 rings (SSSR count). The molecular weight excluding hydrogens is 254 g/mol. The average Bonchev–Trinajstić information content (AvgIpc) is 2.38. The average molecular weight is 279 g/mol. The number of aromatic nitrogens is 2. The normalized spacial score (nSPS) is 18.1. The van der Waals surface area contributed by atoms with E-state index in [1.165, 1.54) is 0 Å². The van der Waals surface area contributed by atoms with Crippen molar-refractivity contribution in [2.45, 2.75) is 20.0 Å². The van der Waals surface area contributed by atoms with Crippen LogP contribution in [0.15, 0.2) is 6.07 Å². The van der Waals surface area contributed by atoms with Gasteiger partial charge in [-0.15, -0.1) is 0 Å². The number of nitrogens with zero attached hydrogens (tertiary/aromatic N) is 5. The van der Waals surface area contributed by atoms with Gasteiger partial charge in [0.05, 0.1) is 6.10 Å². The highest BCUT2D eigenvalue weighted by atomic mass is 16.3. The SMILES string of the molecule is Cc1cc(N(C)C)nc(N2CCN(C[C@@H](C)O)CC2)n1. The number of aliphatic hydroxyl groups is 1. The molecule has 6 heteroatoms. The molecule has 112 valence electrons. The van der Waals surface area contributed by atoms with Gasteiger partial charge in [0.25, 0.3) is 0 Å². The number of aryl methyl sites for hydroxylation is 1. The molecule has 0 amide bonds. The summed E-state index contributed by atoms with van der Waals surface area (Å²) < 4.78 is 0. The smallest absolute Gasteiger partial charge is 0.227 e. The quantitative estimate of drug-likeness (QED) is 0.858. The Balaban J connectivity index is 2.03. The number of aliphatic hydroxyl groups excluding tert-OH is 1. The monoisotopic (exact) mass is 279 g/mol. The van der Waals surface area contributed by atoms with Gasteiger partial charge in [0, 0.05) is 58.6 Å². The molecule has 1 aliphatic heterocycles. The number of hydrogen-bond acceptors (Lipinski definition) is 6. The maximum atomic E-state index is 9.44. The fourth-order valence-corrected chi connectivity index (χ4v) is 2.41. The Morgan fingerprint density at radius 1 is 1.25 bits per heavy atom. The van der Waals surface area contributed by atoms with E-state index in [4.69, 9.17) is 0 Å². The third-order valence-corrected chi connectivity index (χ3v) is 3.46. The summed E-state index contributed by atoms with van der Waals surface area (Å²) in [5.41, 5.74) is 0.991. The summed E-state index contributed by atoms with van der Waals surface area (Å²) in [5, 5.41) is 9.44. The summed E-state index contributed by atoms with van der Waals surface area (Å²) in [7, 11) is 3.98. The molecule has 0 spiro atoms. The van der Waals surface area contributed by atoms with Crippen molar-refractivity contribution in [1.82, 2.24) is 14.9 Å². The highest BCUT2D eigenvalue weighted by Crippen LogP contribution is 2.17. The molecule has 0 aliphatic carbocycles. The van der Waals surface area contributed by atoms with Crippen LogP contribution in [0.5, 0.6) is 0 Å². The van der Waals surface area contributed by atoms with Crippen molar-refractivity contribution in [2.24, 2.45) is 0 Å². The van der Waals surface area contributed by atoms with Crippen molar-refractivity contribution in [3.8, 4) is 0 Å². The van der Waals surface area contributed by atoms with E-state index in [1.54, 1.807) is 0 Å². The number of hydrogen-bond donors (Lipinski definition) is 1. The minimum absolute atomic E-state index is 0.267. The zero-order chi connectivity index (χ0) is 14.7. The Bertz CT molecular complexity index is 441. The van der Waals surface area contributed by atoms with Gasteiger partial charge in [-0.1, -0.05) is 0 Å². The van der Waals surface area contributed by atoms with Crippen LogP contribution in [-0.2, 0) is 0 Å². The number of piperazine rings is 1. The van der Waals surface area contributed by atoms with Crippen LogP contribution >= 0.6 is 0 Å². The number of anilines is 2. The molecule has 0 radical (unpaired) electrons. The first kappa shape index (κ1) is 15.0. The molecule has 1 fully saturated rings. The van der Waals surface area contributed by atoms with Crippen LogP contribution < -0.4 is 9.80 Å². The Labute approximate surface area is 121 Å². The van der Waals surface area contributed by atoms with Gasteiger partial charge in [0.15, 0.2) is 0 Å². The number of rotatable bonds is 4. The first-order valence-corrected chi connectivity index (χ1v) is 7.14. The predicted molar refractivity (Wildman–Crippen MR) is 81.4 cm³/mol. The topological polar surface area (TPSA) is 55.7 Å². The molecule has 6 nitrogen and oxygen atoms in total. The molecule has 1 saturated heterocycles. The van der Waals surface area contributed by atoms with Crippen LogP contribution in [0.2, 0.25) is 0 Å². The molecule has 0 unspecified atom stereocenters. The predicted octanol–water partition coefficient (Wildman–Crippen LogP) is 0.354. The largest absolute Gasteiger partial charge is 0.392 e. The fraction of sp³-hybridized carbons (Fsp3) is 0.714. The van der Waals surface area contributed by atoms with Crippen molar-refractivity contribution >= 4 is 11.8 Å². The summed E-state index contributed by atoms with van der Waals surface area (Å²) in [5.74, 6) is 1.75. The van der Waals surface area contributed by atoms with Crippen molar-refractivity contribution in [1.29, 1.82) is 0 Å².